The molecular formula is C14H19NO2. The molecule has 1 aliphatic rings. The zero-order valence-electron chi connectivity index (χ0n) is 10.2. The van der Waals surface area contributed by atoms with Gasteiger partial charge in [0, 0.05) is 17.5 Å². The van der Waals surface area contributed by atoms with Crippen molar-refractivity contribution in [2.24, 2.45) is 5.73 Å². The quantitative estimate of drug-likeness (QED) is 0.812. The summed E-state index contributed by atoms with van der Waals surface area (Å²) >= 11 is 0. The van der Waals surface area contributed by atoms with Gasteiger partial charge in [-0.25, -0.2) is 0 Å². The fraction of sp³-hybridized carbons (Fsp3) is 0.500. The summed E-state index contributed by atoms with van der Waals surface area (Å²) < 4.78 is 5.15. The van der Waals surface area contributed by atoms with Crippen molar-refractivity contribution in [2.75, 3.05) is 13.7 Å². The number of hydrogen-bond acceptors (Lipinski definition) is 3. The number of carbonyl (C=O) groups excluding carboxylic acids is 1. The summed E-state index contributed by atoms with van der Waals surface area (Å²) in [7, 11) is 1.61. The Morgan fingerprint density at radius 2 is 2.12 bits per heavy atom. The maximum atomic E-state index is 11.2. The summed E-state index contributed by atoms with van der Waals surface area (Å²) in [5.41, 5.74) is 7.76. The fourth-order valence-electron chi connectivity index (χ4n) is 2.88. The van der Waals surface area contributed by atoms with Gasteiger partial charge in [0.05, 0.1) is 7.11 Å². The van der Waals surface area contributed by atoms with Crippen molar-refractivity contribution in [2.45, 2.75) is 31.1 Å². The van der Waals surface area contributed by atoms with Gasteiger partial charge in [-0.1, -0.05) is 18.9 Å². The van der Waals surface area contributed by atoms with Gasteiger partial charge in [0.25, 0.3) is 0 Å². The van der Waals surface area contributed by atoms with Crippen LogP contribution in [0.25, 0.3) is 0 Å². The number of methoxy groups -OCH3 is 1. The molecule has 0 spiro atoms. The Kier molecular flexibility index (Phi) is 3.48. The molecule has 0 unspecified atom stereocenters. The van der Waals surface area contributed by atoms with E-state index in [0.717, 1.165) is 36.0 Å². The number of rotatable bonds is 4. The van der Waals surface area contributed by atoms with Crippen molar-refractivity contribution in [1.82, 2.24) is 0 Å². The first-order valence-electron chi connectivity index (χ1n) is 6.09. The Labute approximate surface area is 102 Å². The Bertz CT molecular complexity index is 409. The number of hydrogen-bond donors (Lipinski definition) is 1. The number of nitrogens with two attached hydrogens (primary N) is 1. The van der Waals surface area contributed by atoms with E-state index in [0.29, 0.717) is 6.54 Å². The molecule has 2 rings (SSSR count). The van der Waals surface area contributed by atoms with Crippen LogP contribution in [-0.4, -0.2) is 19.9 Å². The van der Waals surface area contributed by atoms with Gasteiger partial charge >= 0.3 is 0 Å². The summed E-state index contributed by atoms with van der Waals surface area (Å²) in [5, 5.41) is 0. The van der Waals surface area contributed by atoms with Crippen LogP contribution in [0, 0.1) is 0 Å². The fourth-order valence-corrected chi connectivity index (χ4v) is 2.88. The van der Waals surface area contributed by atoms with Crippen LogP contribution in [0.15, 0.2) is 18.2 Å². The zero-order valence-corrected chi connectivity index (χ0v) is 10.2. The van der Waals surface area contributed by atoms with E-state index in [9.17, 15) is 4.79 Å². The number of aldehydes is 1. The van der Waals surface area contributed by atoms with Crippen LogP contribution < -0.4 is 10.5 Å². The van der Waals surface area contributed by atoms with Crippen molar-refractivity contribution in [3.63, 3.8) is 0 Å². The monoisotopic (exact) mass is 233 g/mol. The summed E-state index contributed by atoms with van der Waals surface area (Å²) in [4.78, 5) is 11.2. The van der Waals surface area contributed by atoms with Gasteiger partial charge in [0.1, 0.15) is 12.0 Å². The lowest BCUT2D eigenvalue weighted by molar-refractivity contribution is 0.112. The van der Waals surface area contributed by atoms with Gasteiger partial charge in [0.15, 0.2) is 0 Å². The third-order valence-corrected chi connectivity index (χ3v) is 3.91. The van der Waals surface area contributed by atoms with E-state index in [-0.39, 0.29) is 5.41 Å². The van der Waals surface area contributed by atoms with E-state index in [2.05, 4.69) is 0 Å². The molecule has 17 heavy (non-hydrogen) atoms. The lowest BCUT2D eigenvalue weighted by Gasteiger charge is -2.29. The second-order valence-electron chi connectivity index (χ2n) is 4.76. The van der Waals surface area contributed by atoms with Crippen molar-refractivity contribution in [3.8, 4) is 5.75 Å². The van der Waals surface area contributed by atoms with Crippen molar-refractivity contribution in [1.29, 1.82) is 0 Å². The SMILES string of the molecule is COc1ccc(C2(CN)CCCC2)c(C=O)c1. The van der Waals surface area contributed by atoms with Gasteiger partial charge in [-0.05, 0) is 30.5 Å². The molecule has 0 radical (unpaired) electrons. The normalized spacial score (nSPS) is 18.0. The van der Waals surface area contributed by atoms with Crippen molar-refractivity contribution in [3.05, 3.63) is 29.3 Å². The van der Waals surface area contributed by atoms with Crippen LogP contribution in [0.4, 0.5) is 0 Å². The topological polar surface area (TPSA) is 52.3 Å². The molecule has 1 aromatic carbocycles. The van der Waals surface area contributed by atoms with Gasteiger partial charge < -0.3 is 10.5 Å². The Hall–Kier alpha value is -1.35. The number of benzene rings is 1. The van der Waals surface area contributed by atoms with Crippen molar-refractivity contribution >= 4 is 6.29 Å². The molecule has 1 aliphatic carbocycles. The van der Waals surface area contributed by atoms with Crippen LogP contribution in [0.5, 0.6) is 5.75 Å². The van der Waals surface area contributed by atoms with Crippen LogP contribution in [0.2, 0.25) is 0 Å². The zero-order chi connectivity index (χ0) is 12.3. The predicted molar refractivity (Wildman–Crippen MR) is 67.6 cm³/mol. The van der Waals surface area contributed by atoms with E-state index < -0.39 is 0 Å². The molecule has 3 nitrogen and oxygen atoms in total. The largest absolute Gasteiger partial charge is 0.497 e. The highest BCUT2D eigenvalue weighted by atomic mass is 16.5. The van der Waals surface area contributed by atoms with Gasteiger partial charge in [0.2, 0.25) is 0 Å². The standard InChI is InChI=1S/C14H19NO2/c1-17-12-4-5-13(11(8-12)9-16)14(10-15)6-2-3-7-14/h4-5,8-9H,2-3,6-7,10,15H2,1H3. The average molecular weight is 233 g/mol. The Morgan fingerprint density at radius 1 is 1.41 bits per heavy atom. The minimum atomic E-state index is 0.00249. The molecule has 2 N–H and O–H groups in total. The van der Waals surface area contributed by atoms with E-state index in [4.69, 9.17) is 10.5 Å². The van der Waals surface area contributed by atoms with Crippen LogP contribution >= 0.6 is 0 Å². The molecule has 92 valence electrons. The Balaban J connectivity index is 2.46. The van der Waals surface area contributed by atoms with E-state index in [1.54, 1.807) is 13.2 Å². The minimum Gasteiger partial charge on any atom is -0.497 e. The molecule has 0 aromatic heterocycles. The summed E-state index contributed by atoms with van der Waals surface area (Å²) in [6, 6.07) is 5.72. The highest BCUT2D eigenvalue weighted by molar-refractivity contribution is 5.79. The Morgan fingerprint density at radius 3 is 2.65 bits per heavy atom. The second-order valence-corrected chi connectivity index (χ2v) is 4.76. The van der Waals surface area contributed by atoms with Crippen LogP contribution in [0.3, 0.4) is 0 Å². The van der Waals surface area contributed by atoms with Crippen LogP contribution in [-0.2, 0) is 5.41 Å². The van der Waals surface area contributed by atoms with E-state index in [1.807, 2.05) is 12.1 Å². The molecule has 3 heteroatoms. The molecular weight excluding hydrogens is 214 g/mol. The van der Waals surface area contributed by atoms with Gasteiger partial charge in [-0.3, -0.25) is 4.79 Å². The highest BCUT2D eigenvalue weighted by Crippen LogP contribution is 2.42. The second kappa shape index (κ2) is 4.88. The predicted octanol–water partition coefficient (Wildman–Crippen LogP) is 2.28. The third kappa shape index (κ3) is 2.07. The number of carbonyl (C=O) groups is 1. The van der Waals surface area contributed by atoms with Gasteiger partial charge in [-0.15, -0.1) is 0 Å². The molecule has 0 saturated heterocycles. The molecule has 0 bridgehead atoms. The molecule has 0 atom stereocenters. The average Bonchev–Trinajstić information content (AvgIpc) is 2.87. The lowest BCUT2D eigenvalue weighted by atomic mass is 9.77. The van der Waals surface area contributed by atoms with E-state index in [1.165, 1.54) is 12.8 Å². The smallest absolute Gasteiger partial charge is 0.150 e. The molecule has 0 aliphatic heterocycles. The maximum Gasteiger partial charge on any atom is 0.150 e. The first kappa shape index (κ1) is 12.1. The van der Waals surface area contributed by atoms with Gasteiger partial charge in [-0.2, -0.15) is 0 Å². The first-order valence-corrected chi connectivity index (χ1v) is 6.09. The van der Waals surface area contributed by atoms with Crippen LogP contribution in [0.1, 0.15) is 41.6 Å². The molecule has 0 amide bonds. The molecule has 1 fully saturated rings. The van der Waals surface area contributed by atoms with E-state index >= 15 is 0 Å². The lowest BCUT2D eigenvalue weighted by Crippen LogP contribution is -2.33. The molecule has 1 saturated carbocycles. The first-order chi connectivity index (χ1) is 8.25. The third-order valence-electron chi connectivity index (χ3n) is 3.91. The summed E-state index contributed by atoms with van der Waals surface area (Å²) in [6.45, 7) is 0.611. The molecule has 0 heterocycles. The number of ether oxygens (including phenoxy) is 1. The van der Waals surface area contributed by atoms with Crippen molar-refractivity contribution < 1.29 is 9.53 Å². The summed E-state index contributed by atoms with van der Waals surface area (Å²) in [6.07, 6.45) is 5.46. The highest BCUT2D eigenvalue weighted by Gasteiger charge is 2.35. The minimum absolute atomic E-state index is 0.00249. The maximum absolute atomic E-state index is 11.2. The molecule has 1 aromatic rings. The summed E-state index contributed by atoms with van der Waals surface area (Å²) in [5.74, 6) is 0.723.